The molecule has 0 saturated heterocycles. The number of ether oxygens (including phenoxy) is 9. The van der Waals surface area contributed by atoms with Crippen LogP contribution in [0.1, 0.15) is 147 Å². The van der Waals surface area contributed by atoms with E-state index in [1.54, 1.807) is 6.92 Å². The topological polar surface area (TPSA) is 689 Å². The molecule has 3 rings (SSSR count). The average molecular weight is 1830 g/mol. The third kappa shape index (κ3) is 47.8. The van der Waals surface area contributed by atoms with Gasteiger partial charge in [0.2, 0.25) is 23.2 Å². The van der Waals surface area contributed by atoms with Gasteiger partial charge in [0.25, 0.3) is 109 Å². The molecule has 3 aromatic rings. The first-order chi connectivity index (χ1) is 53.2. The maximum absolute atomic E-state index is 14.3. The van der Waals surface area contributed by atoms with Gasteiger partial charge in [-0.2, -0.15) is 75.8 Å². The molecule has 0 aromatic heterocycles. The maximum Gasteiger partial charge on any atom is 0.264 e. The van der Waals surface area contributed by atoms with E-state index in [-0.39, 0.29) is 191 Å². The highest BCUT2D eigenvalue weighted by atomic mass is 32.3. The number of amides is 4. The fraction of sp³-hybridized carbons (Fsp3) is 0.645. The minimum Gasteiger partial charge on any atom is -0.489 e. The molecule has 3 aromatic carbocycles. The minimum atomic E-state index is -4.53. The molecular weight excluding hydrogens is 1730 g/mol. The summed E-state index contributed by atoms with van der Waals surface area (Å²) in [4.78, 5) is 56.8. The fourth-order valence-corrected chi connectivity index (χ4v) is 14.7. The van der Waals surface area contributed by atoms with Gasteiger partial charge in [0, 0.05) is 48.3 Å². The summed E-state index contributed by atoms with van der Waals surface area (Å²) in [6, 6.07) is 6.64. The van der Waals surface area contributed by atoms with Gasteiger partial charge in [-0.25, -0.2) is 0 Å². The highest BCUT2D eigenvalue weighted by molar-refractivity contribution is 7.87. The summed E-state index contributed by atoms with van der Waals surface area (Å²) in [6.07, 6.45) is -3.00. The molecule has 4 amide bonds. The molecule has 0 aliphatic heterocycles. The molecule has 13 N–H and O–H groups in total. The summed E-state index contributed by atoms with van der Waals surface area (Å²) in [7, 11) is -40.7. The van der Waals surface area contributed by atoms with Crippen molar-refractivity contribution in [3.63, 3.8) is 0 Å². The van der Waals surface area contributed by atoms with Crippen LogP contribution in [0.3, 0.4) is 0 Å². The summed E-state index contributed by atoms with van der Waals surface area (Å²) < 4.78 is 344. The number of benzene rings is 3. The third-order valence-electron chi connectivity index (χ3n) is 15.3. The van der Waals surface area contributed by atoms with Crippen molar-refractivity contribution in [2.75, 3.05) is 131 Å². The molecule has 115 heavy (non-hydrogen) atoms. The SMILES string of the molecule is CCCC(=O)NC(CCCNC(=O)c1cc(OCCCS(=O)(=O)O)c(OCCCS(=O)(=O)O)c(OCCCS(=O)(=O)O)c1)(CCCNC(=O)c1cc(OCCCS(=O)(=O)O)c(OCCCS(=O)(=O)O)c(OCCCS(=O)(=O)O)c1)CCCNC(=O)c1cc(OCCCS(=O)(=O)O)c(OCCCS(=O)(=O)O)c(OCCCS(=O)(=O)O)c1. The highest BCUT2D eigenvalue weighted by Gasteiger charge is 2.32. The highest BCUT2D eigenvalue weighted by Crippen LogP contribution is 2.43. The molecule has 0 atom stereocenters. The molecule has 53 heteroatoms. The van der Waals surface area contributed by atoms with Crippen LogP contribution in [0.5, 0.6) is 51.7 Å². The largest absolute Gasteiger partial charge is 0.489 e. The lowest BCUT2D eigenvalue weighted by molar-refractivity contribution is -0.123. The molecule has 0 fully saturated rings. The van der Waals surface area contributed by atoms with Crippen LogP contribution in [0.2, 0.25) is 0 Å². The number of carbonyl (C=O) groups is 4. The van der Waals surface area contributed by atoms with Crippen molar-refractivity contribution in [2.45, 2.75) is 122 Å². The molecule has 0 saturated carbocycles. The Balaban J connectivity index is 2.21. The number of rotatable bonds is 63. The van der Waals surface area contributed by atoms with Crippen molar-refractivity contribution < 1.29 is 179 Å². The van der Waals surface area contributed by atoms with Crippen molar-refractivity contribution >= 4 is 115 Å². The van der Waals surface area contributed by atoms with Gasteiger partial charge in [0.15, 0.2) is 34.5 Å². The summed E-state index contributed by atoms with van der Waals surface area (Å²) in [5.41, 5.74) is -2.14. The van der Waals surface area contributed by atoms with Crippen LogP contribution in [-0.2, 0) is 95.9 Å². The molecule has 0 spiro atoms. The van der Waals surface area contributed by atoms with Crippen molar-refractivity contribution in [2.24, 2.45) is 0 Å². The van der Waals surface area contributed by atoms with E-state index >= 15 is 0 Å². The molecule has 0 heterocycles. The Labute approximate surface area is 667 Å². The zero-order valence-electron chi connectivity index (χ0n) is 62.2. The lowest BCUT2D eigenvalue weighted by Crippen LogP contribution is -2.49. The summed E-state index contributed by atoms with van der Waals surface area (Å²) in [5, 5.41) is 11.2. The van der Waals surface area contributed by atoms with Crippen molar-refractivity contribution in [3.05, 3.63) is 53.1 Å². The molecule has 0 aliphatic rings. The fourth-order valence-electron chi connectivity index (χ4n) is 10.3. The van der Waals surface area contributed by atoms with Crippen LogP contribution in [0.15, 0.2) is 36.4 Å². The summed E-state index contributed by atoms with van der Waals surface area (Å²) in [6.45, 7) is -3.26. The number of hydrogen-bond donors (Lipinski definition) is 13. The first kappa shape index (κ1) is 102. The predicted octanol–water partition coefficient (Wildman–Crippen LogP) is 2.18. The molecule has 0 unspecified atom stereocenters. The smallest absolute Gasteiger partial charge is 0.264 e. The van der Waals surface area contributed by atoms with Crippen molar-refractivity contribution in [1.82, 2.24) is 21.3 Å². The Hall–Kier alpha value is -7.07. The summed E-state index contributed by atoms with van der Waals surface area (Å²) in [5.74, 6) is -13.3. The molecule has 660 valence electrons. The lowest BCUT2D eigenvalue weighted by Gasteiger charge is -2.36. The van der Waals surface area contributed by atoms with Gasteiger partial charge in [0.1, 0.15) is 0 Å². The van der Waals surface area contributed by atoms with Gasteiger partial charge in [-0.1, -0.05) is 6.92 Å². The quantitative estimate of drug-likeness (QED) is 0.0284. The minimum absolute atomic E-state index is 0.0156. The Morgan fingerprint density at radius 3 is 0.626 bits per heavy atom. The van der Waals surface area contributed by atoms with Crippen LogP contribution in [-0.4, -0.2) is 277 Å². The van der Waals surface area contributed by atoms with E-state index in [0.29, 0.717) is 6.42 Å². The van der Waals surface area contributed by atoms with E-state index in [1.807, 2.05) is 0 Å². The van der Waals surface area contributed by atoms with E-state index in [0.717, 1.165) is 36.4 Å². The average Bonchev–Trinajstić information content (AvgIpc) is 0.826. The zero-order chi connectivity index (χ0) is 86.5. The van der Waals surface area contributed by atoms with E-state index < -0.39 is 231 Å². The number of nitrogens with one attached hydrogen (secondary N) is 4. The van der Waals surface area contributed by atoms with Crippen LogP contribution in [0.25, 0.3) is 0 Å². The van der Waals surface area contributed by atoms with Crippen LogP contribution < -0.4 is 63.9 Å². The first-order valence-corrected chi connectivity index (χ1v) is 49.6. The summed E-state index contributed by atoms with van der Waals surface area (Å²) >= 11 is 0. The second-order valence-corrected chi connectivity index (χ2v) is 39.6. The second-order valence-electron chi connectivity index (χ2n) is 25.5. The maximum atomic E-state index is 14.3. The molecule has 44 nitrogen and oxygen atoms in total. The van der Waals surface area contributed by atoms with Crippen LogP contribution in [0.4, 0.5) is 0 Å². The van der Waals surface area contributed by atoms with Crippen LogP contribution >= 0.6 is 0 Å². The molecule has 0 aliphatic carbocycles. The van der Waals surface area contributed by atoms with Gasteiger partial charge in [-0.05, 0) is 139 Å². The molecular formula is C62H98N4O40S9. The Bertz CT molecular complexity index is 4140. The van der Waals surface area contributed by atoms with Crippen LogP contribution in [0, 0.1) is 0 Å². The zero-order valence-corrected chi connectivity index (χ0v) is 69.5. The normalized spacial score (nSPS) is 12.6. The predicted molar refractivity (Wildman–Crippen MR) is 409 cm³/mol. The van der Waals surface area contributed by atoms with Gasteiger partial charge in [-0.15, -0.1) is 0 Å². The van der Waals surface area contributed by atoms with Gasteiger partial charge < -0.3 is 63.9 Å². The van der Waals surface area contributed by atoms with Gasteiger partial charge in [0.05, 0.1) is 111 Å². The van der Waals surface area contributed by atoms with E-state index in [1.165, 1.54) is 0 Å². The Kier molecular flexibility index (Phi) is 42.7. The third-order valence-corrected chi connectivity index (χ3v) is 22.5. The standard InChI is InChI=1S/C62H98N4O40S9/c1-2-15-55(67)66-62(16-3-19-63-59(68)46-40-49(98-22-6-31-107(71,72)73)56(104-28-12-37-113(89,90)91)50(41-46)99-23-7-32-108(74,75)76,17-4-20-64-60(69)47-42-51(100-24-8-33-109(77,78)79)57(105-29-13-38-114(92,93)94)52(43-47)101-25-9-34-110(80,81)82)18-5-21-65-61(70)48-44-53(102-26-10-35-111(83,84)85)58(106-30-14-39-115(95,96)97)54(45-48)103-27-11-36-112(86,87)88/h40-45H,2-39H2,1H3,(H,63,68)(H,64,69)(H,65,70)(H,66,67)(H,71,72,73)(H,74,75,76)(H,77,78,79)(H,80,81,82)(H,83,84,85)(H,86,87,88)(H,89,90,91)(H,92,93,94)(H,95,96,97). The lowest BCUT2D eigenvalue weighted by atomic mass is 9.83. The monoisotopic (exact) mass is 1830 g/mol. The van der Waals surface area contributed by atoms with Crippen molar-refractivity contribution in [1.29, 1.82) is 0 Å². The Morgan fingerprint density at radius 2 is 0.461 bits per heavy atom. The second kappa shape index (κ2) is 48.1. The van der Waals surface area contributed by atoms with E-state index in [9.17, 15) is 136 Å². The molecule has 0 radical (unpaired) electrons. The number of carbonyl (C=O) groups excluding carboxylic acids is 4. The van der Waals surface area contributed by atoms with Gasteiger partial charge in [-0.3, -0.25) is 60.2 Å². The van der Waals surface area contributed by atoms with Crippen molar-refractivity contribution in [3.8, 4) is 51.7 Å². The first-order valence-electron chi connectivity index (χ1n) is 35.1. The van der Waals surface area contributed by atoms with Gasteiger partial charge >= 0.3 is 0 Å². The number of hydrogen-bond acceptors (Lipinski definition) is 31. The van der Waals surface area contributed by atoms with E-state index in [2.05, 4.69) is 21.3 Å². The molecule has 0 bridgehead atoms. The Morgan fingerprint density at radius 1 is 0.287 bits per heavy atom. The van der Waals surface area contributed by atoms with E-state index in [4.69, 9.17) is 42.6 Å².